The Labute approximate surface area is 211 Å². The highest BCUT2D eigenvalue weighted by molar-refractivity contribution is 6.01. The number of pyridine rings is 1. The van der Waals surface area contributed by atoms with Crippen molar-refractivity contribution < 1.29 is 27.6 Å². The molecule has 2 N–H and O–H groups in total. The summed E-state index contributed by atoms with van der Waals surface area (Å²) in [6.07, 6.45) is 6.51. The van der Waals surface area contributed by atoms with E-state index in [2.05, 4.69) is 20.7 Å². The molecule has 1 aromatic carbocycles. The van der Waals surface area contributed by atoms with Crippen LogP contribution in [0.4, 0.5) is 18.9 Å². The second-order valence-corrected chi connectivity index (χ2v) is 9.58. The van der Waals surface area contributed by atoms with Crippen LogP contribution in [0.3, 0.4) is 0 Å². The number of fused-ring (bicyclic) bond motifs is 1. The molecular formula is C26H28F3N5O3. The van der Waals surface area contributed by atoms with Crippen molar-refractivity contribution >= 4 is 23.0 Å². The number of carbonyl (C=O) groups excluding carboxylic acids is 2. The van der Waals surface area contributed by atoms with E-state index in [0.717, 1.165) is 18.2 Å². The van der Waals surface area contributed by atoms with Gasteiger partial charge >= 0.3 is 0 Å². The van der Waals surface area contributed by atoms with E-state index in [1.807, 2.05) is 0 Å². The third-order valence-electron chi connectivity index (χ3n) is 7.36. The molecule has 8 nitrogen and oxygen atoms in total. The molecule has 2 fully saturated rings. The van der Waals surface area contributed by atoms with Crippen molar-refractivity contribution in [1.29, 1.82) is 0 Å². The molecule has 1 aliphatic heterocycles. The number of anilines is 1. The predicted molar refractivity (Wildman–Crippen MR) is 129 cm³/mol. The summed E-state index contributed by atoms with van der Waals surface area (Å²) in [7, 11) is 1.38. The Hall–Kier alpha value is -3.60. The Morgan fingerprint density at radius 2 is 1.86 bits per heavy atom. The summed E-state index contributed by atoms with van der Waals surface area (Å²) in [6.45, 7) is 0.462. The van der Waals surface area contributed by atoms with Gasteiger partial charge < -0.3 is 10.2 Å². The minimum atomic E-state index is -0.645. The average Bonchev–Trinajstić information content (AvgIpc) is 3.54. The SMILES string of the molecule is CONC(=O)C1CCC(NC(=O)c2cnn3ccc(N4CCC[C@@H]4c4cc(F)ccc4F)c(F)c23)CC1. The van der Waals surface area contributed by atoms with Crippen molar-refractivity contribution in [2.45, 2.75) is 50.6 Å². The van der Waals surface area contributed by atoms with Crippen LogP contribution in [0.15, 0.2) is 36.7 Å². The zero-order valence-electron chi connectivity index (χ0n) is 20.3. The van der Waals surface area contributed by atoms with E-state index in [1.54, 1.807) is 17.2 Å². The molecule has 3 aromatic rings. The van der Waals surface area contributed by atoms with Crippen LogP contribution in [-0.2, 0) is 9.63 Å². The monoisotopic (exact) mass is 515 g/mol. The second kappa shape index (κ2) is 10.4. The molecule has 1 saturated heterocycles. The summed E-state index contributed by atoms with van der Waals surface area (Å²) in [4.78, 5) is 31.5. The van der Waals surface area contributed by atoms with Gasteiger partial charge in [0.25, 0.3) is 5.91 Å². The van der Waals surface area contributed by atoms with E-state index < -0.39 is 29.4 Å². The number of aromatic nitrogens is 2. The smallest absolute Gasteiger partial charge is 0.255 e. The van der Waals surface area contributed by atoms with E-state index in [0.29, 0.717) is 45.1 Å². The highest BCUT2D eigenvalue weighted by atomic mass is 19.1. The van der Waals surface area contributed by atoms with Gasteiger partial charge in [-0.15, -0.1) is 0 Å². The third kappa shape index (κ3) is 4.87. The van der Waals surface area contributed by atoms with E-state index in [9.17, 15) is 18.4 Å². The molecular weight excluding hydrogens is 487 g/mol. The molecule has 1 atom stereocenters. The molecule has 3 heterocycles. The quantitative estimate of drug-likeness (QED) is 0.484. The minimum Gasteiger partial charge on any atom is -0.362 e. The third-order valence-corrected chi connectivity index (χ3v) is 7.36. The van der Waals surface area contributed by atoms with Crippen molar-refractivity contribution in [1.82, 2.24) is 20.4 Å². The number of halogens is 3. The Balaban J connectivity index is 1.37. The maximum atomic E-state index is 15.9. The normalized spacial score (nSPS) is 21.8. The fraction of sp³-hybridized carbons (Fsp3) is 0.423. The maximum Gasteiger partial charge on any atom is 0.255 e. The van der Waals surface area contributed by atoms with Crippen molar-refractivity contribution in [2.75, 3.05) is 18.6 Å². The first-order valence-corrected chi connectivity index (χ1v) is 12.4. The number of rotatable bonds is 6. The van der Waals surface area contributed by atoms with E-state index in [4.69, 9.17) is 0 Å². The van der Waals surface area contributed by atoms with Crippen molar-refractivity contribution in [2.24, 2.45) is 5.92 Å². The predicted octanol–water partition coefficient (Wildman–Crippen LogP) is 4.06. The zero-order chi connectivity index (χ0) is 26.1. The Morgan fingerprint density at radius 3 is 2.62 bits per heavy atom. The van der Waals surface area contributed by atoms with Crippen LogP contribution >= 0.6 is 0 Å². The maximum absolute atomic E-state index is 15.9. The van der Waals surface area contributed by atoms with E-state index in [1.165, 1.54) is 17.8 Å². The number of hydroxylamine groups is 1. The average molecular weight is 516 g/mol. The van der Waals surface area contributed by atoms with Crippen LogP contribution in [0.1, 0.15) is 60.5 Å². The number of nitrogens with zero attached hydrogens (tertiary/aromatic N) is 3. The van der Waals surface area contributed by atoms with Gasteiger partial charge in [-0.3, -0.25) is 14.4 Å². The number of hydrogen-bond acceptors (Lipinski definition) is 5. The Kier molecular flexibility index (Phi) is 7.05. The van der Waals surface area contributed by atoms with E-state index in [-0.39, 0.29) is 40.2 Å². The molecule has 1 aliphatic carbocycles. The topological polar surface area (TPSA) is 88.0 Å². The van der Waals surface area contributed by atoms with Crippen molar-refractivity contribution in [3.8, 4) is 0 Å². The molecule has 1 saturated carbocycles. The molecule has 37 heavy (non-hydrogen) atoms. The molecule has 11 heteroatoms. The molecule has 196 valence electrons. The van der Waals surface area contributed by atoms with Crippen LogP contribution in [0.25, 0.3) is 5.52 Å². The summed E-state index contributed by atoms with van der Waals surface area (Å²) >= 11 is 0. The molecule has 2 aromatic heterocycles. The van der Waals surface area contributed by atoms with Gasteiger partial charge in [0.1, 0.15) is 17.2 Å². The highest BCUT2D eigenvalue weighted by Gasteiger charge is 2.33. The molecule has 2 aliphatic rings. The number of nitrogens with one attached hydrogen (secondary N) is 2. The number of carbonyl (C=O) groups is 2. The number of hydrogen-bond donors (Lipinski definition) is 2. The number of benzene rings is 1. The largest absolute Gasteiger partial charge is 0.362 e. The number of amides is 2. The standard InChI is InChI=1S/C26H28F3N5O3/c1-37-32-25(35)15-4-7-17(8-5-15)31-26(36)19-14-30-34-12-10-22(23(29)24(19)34)33-11-2-3-21(33)18-13-16(27)6-9-20(18)28/h6,9-10,12-15,17,21H,2-5,7-8,11H2,1H3,(H,31,36)(H,32,35)/t15?,17?,21-/m1/s1. The van der Waals surface area contributed by atoms with Gasteiger partial charge in [-0.2, -0.15) is 5.10 Å². The lowest BCUT2D eigenvalue weighted by atomic mass is 9.85. The summed E-state index contributed by atoms with van der Waals surface area (Å²) < 4.78 is 45.6. The van der Waals surface area contributed by atoms with Gasteiger partial charge in [0.05, 0.1) is 30.6 Å². The first-order chi connectivity index (χ1) is 17.9. The fourth-order valence-electron chi connectivity index (χ4n) is 5.51. The minimum absolute atomic E-state index is 0.0218. The first kappa shape index (κ1) is 25.1. The van der Waals surface area contributed by atoms with Crippen LogP contribution in [0.2, 0.25) is 0 Å². The van der Waals surface area contributed by atoms with Crippen LogP contribution < -0.4 is 15.7 Å². The van der Waals surface area contributed by atoms with Gasteiger partial charge in [-0.1, -0.05) is 0 Å². The summed E-state index contributed by atoms with van der Waals surface area (Å²) in [5.74, 6) is -2.55. The van der Waals surface area contributed by atoms with E-state index >= 15 is 4.39 Å². The van der Waals surface area contributed by atoms with Crippen molar-refractivity contribution in [3.63, 3.8) is 0 Å². The second-order valence-electron chi connectivity index (χ2n) is 9.58. The summed E-state index contributed by atoms with van der Waals surface area (Å²) in [5.41, 5.74) is 2.84. The fourth-order valence-corrected chi connectivity index (χ4v) is 5.51. The van der Waals surface area contributed by atoms with Gasteiger partial charge in [0, 0.05) is 30.3 Å². The molecule has 0 spiro atoms. The zero-order valence-corrected chi connectivity index (χ0v) is 20.3. The Morgan fingerprint density at radius 1 is 1.08 bits per heavy atom. The summed E-state index contributed by atoms with van der Waals surface area (Å²) in [6, 6.07) is 4.15. The van der Waals surface area contributed by atoms with Gasteiger partial charge in [0.15, 0.2) is 5.82 Å². The molecule has 0 unspecified atom stereocenters. The first-order valence-electron chi connectivity index (χ1n) is 12.4. The van der Waals surface area contributed by atoms with Gasteiger partial charge in [-0.05, 0) is 62.8 Å². The molecule has 0 bridgehead atoms. The van der Waals surface area contributed by atoms with Crippen LogP contribution in [0.5, 0.6) is 0 Å². The molecule has 0 radical (unpaired) electrons. The lowest BCUT2D eigenvalue weighted by Crippen LogP contribution is -2.40. The molecule has 5 rings (SSSR count). The van der Waals surface area contributed by atoms with Gasteiger partial charge in [-0.25, -0.2) is 23.2 Å². The lowest BCUT2D eigenvalue weighted by Gasteiger charge is -2.28. The Bertz CT molecular complexity index is 1320. The lowest BCUT2D eigenvalue weighted by molar-refractivity contribution is -0.136. The van der Waals surface area contributed by atoms with Crippen LogP contribution in [0, 0.1) is 23.4 Å². The van der Waals surface area contributed by atoms with Crippen molar-refractivity contribution in [3.05, 3.63) is 65.2 Å². The van der Waals surface area contributed by atoms with Gasteiger partial charge in [0.2, 0.25) is 5.91 Å². The molecule has 2 amide bonds. The highest BCUT2D eigenvalue weighted by Crippen LogP contribution is 2.39. The summed E-state index contributed by atoms with van der Waals surface area (Å²) in [5, 5.41) is 7.08. The van der Waals surface area contributed by atoms with Crippen LogP contribution in [-0.4, -0.2) is 41.1 Å².